The van der Waals surface area contributed by atoms with Crippen molar-refractivity contribution in [3.8, 4) is 0 Å². The molecule has 0 unspecified atom stereocenters. The summed E-state index contributed by atoms with van der Waals surface area (Å²) in [6.45, 7) is 13.0. The van der Waals surface area contributed by atoms with E-state index >= 15 is 0 Å². The van der Waals surface area contributed by atoms with E-state index in [1.165, 1.54) is 11.1 Å². The Morgan fingerprint density at radius 2 is 1.62 bits per heavy atom. The minimum atomic E-state index is 0.0959. The SMILES string of the molecule is CCN1CCN([C@@H](c2ccc(C(=O)N(CC)CC)cc2)c2cccc(N)c2)CC1. The zero-order chi connectivity index (χ0) is 20.8. The van der Waals surface area contributed by atoms with E-state index in [-0.39, 0.29) is 11.9 Å². The van der Waals surface area contributed by atoms with Gasteiger partial charge in [0.2, 0.25) is 0 Å². The maximum atomic E-state index is 12.7. The number of nitrogens with two attached hydrogens (primary N) is 1. The molecule has 0 aromatic heterocycles. The number of benzene rings is 2. The van der Waals surface area contributed by atoms with E-state index in [9.17, 15) is 4.79 Å². The first-order chi connectivity index (χ1) is 14.1. The molecule has 1 saturated heterocycles. The molecular weight excluding hydrogens is 360 g/mol. The third-order valence-electron chi connectivity index (χ3n) is 5.97. The first-order valence-electron chi connectivity index (χ1n) is 10.8. The van der Waals surface area contributed by atoms with Gasteiger partial charge in [-0.25, -0.2) is 0 Å². The van der Waals surface area contributed by atoms with Gasteiger partial charge in [0.15, 0.2) is 0 Å². The zero-order valence-corrected chi connectivity index (χ0v) is 18.0. The van der Waals surface area contributed by atoms with Crippen molar-refractivity contribution in [3.05, 3.63) is 65.2 Å². The van der Waals surface area contributed by atoms with E-state index in [0.717, 1.165) is 57.1 Å². The number of carbonyl (C=O) groups excluding carboxylic acids is 1. The average Bonchev–Trinajstić information content (AvgIpc) is 2.76. The van der Waals surface area contributed by atoms with Gasteiger partial charge < -0.3 is 15.5 Å². The molecule has 2 aromatic carbocycles. The summed E-state index contributed by atoms with van der Waals surface area (Å²) >= 11 is 0. The first kappa shape index (κ1) is 21.3. The maximum absolute atomic E-state index is 12.7. The van der Waals surface area contributed by atoms with Crippen molar-refractivity contribution in [2.75, 3.05) is 51.5 Å². The summed E-state index contributed by atoms with van der Waals surface area (Å²) in [6, 6.07) is 16.5. The number of amides is 1. The van der Waals surface area contributed by atoms with Gasteiger partial charge in [0.05, 0.1) is 6.04 Å². The predicted octanol–water partition coefficient (Wildman–Crippen LogP) is 3.48. The fourth-order valence-corrected chi connectivity index (χ4v) is 4.18. The molecule has 5 heteroatoms. The van der Waals surface area contributed by atoms with E-state index in [1.54, 1.807) is 0 Å². The second kappa shape index (κ2) is 9.90. The van der Waals surface area contributed by atoms with Crippen LogP contribution in [-0.2, 0) is 0 Å². The summed E-state index contributed by atoms with van der Waals surface area (Å²) in [4.78, 5) is 19.5. The topological polar surface area (TPSA) is 52.8 Å². The largest absolute Gasteiger partial charge is 0.399 e. The van der Waals surface area contributed by atoms with Gasteiger partial charge in [0.1, 0.15) is 0 Å². The number of piperazine rings is 1. The highest BCUT2D eigenvalue weighted by atomic mass is 16.2. The predicted molar refractivity (Wildman–Crippen MR) is 120 cm³/mol. The molecule has 156 valence electrons. The molecule has 0 bridgehead atoms. The van der Waals surface area contributed by atoms with Crippen LogP contribution in [0.4, 0.5) is 5.69 Å². The summed E-state index contributed by atoms with van der Waals surface area (Å²) in [6.07, 6.45) is 0. The molecule has 29 heavy (non-hydrogen) atoms. The Hall–Kier alpha value is -2.37. The number of hydrogen-bond acceptors (Lipinski definition) is 4. The third-order valence-corrected chi connectivity index (χ3v) is 5.97. The van der Waals surface area contributed by atoms with Crippen LogP contribution < -0.4 is 5.73 Å². The lowest BCUT2D eigenvalue weighted by Crippen LogP contribution is -2.47. The molecule has 1 amide bonds. The molecule has 1 atom stereocenters. The van der Waals surface area contributed by atoms with Gasteiger partial charge in [-0.15, -0.1) is 0 Å². The Bertz CT molecular complexity index is 793. The number of rotatable bonds is 7. The summed E-state index contributed by atoms with van der Waals surface area (Å²) in [7, 11) is 0. The van der Waals surface area contributed by atoms with Gasteiger partial charge in [0.25, 0.3) is 5.91 Å². The highest BCUT2D eigenvalue weighted by Crippen LogP contribution is 2.31. The Morgan fingerprint density at radius 1 is 0.966 bits per heavy atom. The van der Waals surface area contributed by atoms with Crippen molar-refractivity contribution in [2.45, 2.75) is 26.8 Å². The molecule has 2 aromatic rings. The highest BCUT2D eigenvalue weighted by molar-refractivity contribution is 5.94. The van der Waals surface area contributed by atoms with Crippen molar-refractivity contribution in [3.63, 3.8) is 0 Å². The first-order valence-corrected chi connectivity index (χ1v) is 10.8. The van der Waals surface area contributed by atoms with E-state index in [4.69, 9.17) is 5.73 Å². The lowest BCUT2D eigenvalue weighted by molar-refractivity contribution is 0.0773. The minimum absolute atomic E-state index is 0.0959. The molecule has 0 radical (unpaired) electrons. The van der Waals surface area contributed by atoms with Crippen LogP contribution in [0.2, 0.25) is 0 Å². The van der Waals surface area contributed by atoms with Gasteiger partial charge in [-0.05, 0) is 55.8 Å². The van der Waals surface area contributed by atoms with Crippen LogP contribution in [0, 0.1) is 0 Å². The Labute approximate surface area is 175 Å². The van der Waals surface area contributed by atoms with Crippen LogP contribution in [0.3, 0.4) is 0 Å². The standard InChI is InChI=1S/C24H34N4O/c1-4-26-14-16-28(17-15-26)23(21-8-7-9-22(25)18-21)19-10-12-20(13-11-19)24(29)27(5-2)6-3/h7-13,18,23H,4-6,14-17,25H2,1-3H3/t23-/m0/s1. The average molecular weight is 395 g/mol. The molecule has 1 heterocycles. The molecule has 1 aliphatic heterocycles. The lowest BCUT2D eigenvalue weighted by atomic mass is 9.95. The number of hydrogen-bond donors (Lipinski definition) is 1. The molecule has 0 saturated carbocycles. The highest BCUT2D eigenvalue weighted by Gasteiger charge is 2.26. The van der Waals surface area contributed by atoms with Gasteiger partial charge in [-0.3, -0.25) is 9.69 Å². The molecule has 0 aliphatic carbocycles. The zero-order valence-electron chi connectivity index (χ0n) is 18.0. The van der Waals surface area contributed by atoms with Gasteiger partial charge in [-0.2, -0.15) is 0 Å². The number of likely N-dealkylation sites (N-methyl/N-ethyl adjacent to an activating group) is 1. The van der Waals surface area contributed by atoms with E-state index < -0.39 is 0 Å². The maximum Gasteiger partial charge on any atom is 0.253 e. The van der Waals surface area contributed by atoms with Crippen LogP contribution in [0.1, 0.15) is 48.3 Å². The summed E-state index contributed by atoms with van der Waals surface area (Å²) in [5.74, 6) is 0.0959. The van der Waals surface area contributed by atoms with Crippen molar-refractivity contribution >= 4 is 11.6 Å². The van der Waals surface area contributed by atoms with E-state index in [2.05, 4.69) is 41.0 Å². The summed E-state index contributed by atoms with van der Waals surface area (Å²) in [5, 5.41) is 0. The van der Waals surface area contributed by atoms with Gasteiger partial charge >= 0.3 is 0 Å². The molecule has 0 spiro atoms. The Kier molecular flexibility index (Phi) is 7.29. The van der Waals surface area contributed by atoms with Crippen LogP contribution in [0.15, 0.2) is 48.5 Å². The van der Waals surface area contributed by atoms with Crippen molar-refractivity contribution < 1.29 is 4.79 Å². The number of anilines is 1. The van der Waals surface area contributed by atoms with Crippen LogP contribution in [0.5, 0.6) is 0 Å². The fourth-order valence-electron chi connectivity index (χ4n) is 4.18. The summed E-state index contributed by atoms with van der Waals surface area (Å²) < 4.78 is 0. The molecule has 1 aliphatic rings. The monoisotopic (exact) mass is 394 g/mol. The van der Waals surface area contributed by atoms with Crippen LogP contribution in [-0.4, -0.2) is 66.4 Å². The van der Waals surface area contributed by atoms with Gasteiger partial charge in [-0.1, -0.05) is 31.2 Å². The van der Waals surface area contributed by atoms with E-state index in [0.29, 0.717) is 0 Å². The fraction of sp³-hybridized carbons (Fsp3) is 0.458. The molecule has 3 rings (SSSR count). The second-order valence-corrected chi connectivity index (χ2v) is 7.64. The van der Waals surface area contributed by atoms with Crippen molar-refractivity contribution in [1.82, 2.24) is 14.7 Å². The Balaban J connectivity index is 1.89. The smallest absolute Gasteiger partial charge is 0.253 e. The summed E-state index contributed by atoms with van der Waals surface area (Å²) in [5.41, 5.74) is 10.0. The third kappa shape index (κ3) is 4.98. The second-order valence-electron chi connectivity index (χ2n) is 7.64. The number of carbonyl (C=O) groups is 1. The van der Waals surface area contributed by atoms with Crippen molar-refractivity contribution in [1.29, 1.82) is 0 Å². The van der Waals surface area contributed by atoms with Gasteiger partial charge in [0, 0.05) is 50.5 Å². The Morgan fingerprint density at radius 3 is 2.17 bits per heavy atom. The number of nitrogen functional groups attached to an aromatic ring is 1. The lowest BCUT2D eigenvalue weighted by Gasteiger charge is -2.39. The molecular formula is C24H34N4O. The van der Waals surface area contributed by atoms with Crippen LogP contribution in [0.25, 0.3) is 0 Å². The van der Waals surface area contributed by atoms with Crippen molar-refractivity contribution in [2.24, 2.45) is 0 Å². The quantitative estimate of drug-likeness (QED) is 0.731. The molecule has 1 fully saturated rings. The van der Waals surface area contributed by atoms with E-state index in [1.807, 2.05) is 43.0 Å². The van der Waals surface area contributed by atoms with Crippen LogP contribution >= 0.6 is 0 Å². The normalized spacial score (nSPS) is 16.5. The molecule has 5 nitrogen and oxygen atoms in total. The molecule has 2 N–H and O–H groups in total. The minimum Gasteiger partial charge on any atom is -0.399 e. The number of nitrogens with zero attached hydrogens (tertiary/aromatic N) is 3.